The van der Waals surface area contributed by atoms with Gasteiger partial charge in [0.25, 0.3) is 5.92 Å². The maximum atomic E-state index is 13.1. The number of aldehydes is 1. The molecule has 1 aliphatic carbocycles. The summed E-state index contributed by atoms with van der Waals surface area (Å²) >= 11 is 0. The van der Waals surface area contributed by atoms with Crippen LogP contribution in [0.15, 0.2) is 12.4 Å². The second kappa shape index (κ2) is 4.37. The maximum absolute atomic E-state index is 13.1. The summed E-state index contributed by atoms with van der Waals surface area (Å²) in [5.41, 5.74) is -1.70. The number of carbonyl (C=O) groups excluding carboxylic acids is 1. The zero-order valence-corrected chi connectivity index (χ0v) is 11.1. The van der Waals surface area contributed by atoms with E-state index in [1.807, 2.05) is 0 Å². The molecule has 0 aliphatic heterocycles. The van der Waals surface area contributed by atoms with Crippen LogP contribution in [0.5, 0.6) is 0 Å². The van der Waals surface area contributed by atoms with E-state index in [0.717, 1.165) is 17.0 Å². The molecule has 0 bridgehead atoms. The van der Waals surface area contributed by atoms with Crippen molar-refractivity contribution >= 4 is 6.29 Å². The Labute approximate surface area is 120 Å². The van der Waals surface area contributed by atoms with E-state index >= 15 is 0 Å². The normalized spacial score (nSPS) is 20.2. The predicted octanol–water partition coefficient (Wildman–Crippen LogP) is 2.70. The standard InChI is InChI=1S/C12H9F5N4O/c1-20-7(3-18-9(20)5-22)6-4-21(8-2-11(8,13)14)19-10(6)12(15,16)17/h3-5,8H,2H2,1H3. The number of carbonyl (C=O) groups is 1. The fourth-order valence-electron chi connectivity index (χ4n) is 2.22. The first-order valence-electron chi connectivity index (χ1n) is 6.16. The van der Waals surface area contributed by atoms with Crippen molar-refractivity contribution in [3.8, 4) is 11.3 Å². The van der Waals surface area contributed by atoms with E-state index in [0.29, 0.717) is 11.0 Å². The summed E-state index contributed by atoms with van der Waals surface area (Å²) in [7, 11) is 1.36. The number of imidazole rings is 1. The van der Waals surface area contributed by atoms with Crippen molar-refractivity contribution in [1.29, 1.82) is 0 Å². The first kappa shape index (κ1) is 14.7. The molecule has 1 saturated carbocycles. The van der Waals surface area contributed by atoms with Gasteiger partial charge in [-0.25, -0.2) is 13.8 Å². The molecule has 2 heterocycles. The van der Waals surface area contributed by atoms with Crippen molar-refractivity contribution in [1.82, 2.24) is 19.3 Å². The Morgan fingerprint density at radius 3 is 2.50 bits per heavy atom. The van der Waals surface area contributed by atoms with Gasteiger partial charge in [0.05, 0.1) is 17.5 Å². The smallest absolute Gasteiger partial charge is 0.325 e. The summed E-state index contributed by atoms with van der Waals surface area (Å²) in [6, 6.07) is -1.37. The van der Waals surface area contributed by atoms with Gasteiger partial charge in [0.15, 0.2) is 17.8 Å². The average Bonchev–Trinajstić information content (AvgIpc) is 2.79. The molecule has 0 spiro atoms. The van der Waals surface area contributed by atoms with Crippen LogP contribution in [-0.4, -0.2) is 31.5 Å². The lowest BCUT2D eigenvalue weighted by Gasteiger charge is -2.06. The molecule has 0 N–H and O–H groups in total. The number of rotatable bonds is 3. The monoisotopic (exact) mass is 320 g/mol. The lowest BCUT2D eigenvalue weighted by atomic mass is 10.2. The quantitative estimate of drug-likeness (QED) is 0.645. The molecule has 10 heteroatoms. The van der Waals surface area contributed by atoms with Crippen LogP contribution in [0.25, 0.3) is 11.3 Å². The highest BCUT2D eigenvalue weighted by molar-refractivity contribution is 5.73. The first-order chi connectivity index (χ1) is 10.1. The molecule has 3 rings (SSSR count). The lowest BCUT2D eigenvalue weighted by Crippen LogP contribution is -2.10. The van der Waals surface area contributed by atoms with Crippen molar-refractivity contribution in [2.75, 3.05) is 0 Å². The van der Waals surface area contributed by atoms with Gasteiger partial charge in [-0.1, -0.05) is 0 Å². The number of halogens is 5. The van der Waals surface area contributed by atoms with Gasteiger partial charge >= 0.3 is 6.18 Å². The molecule has 5 nitrogen and oxygen atoms in total. The summed E-state index contributed by atoms with van der Waals surface area (Å²) in [6.07, 6.45) is -2.98. The summed E-state index contributed by atoms with van der Waals surface area (Å²) in [6.45, 7) is 0. The molecule has 2 aromatic rings. The molecule has 2 aromatic heterocycles. The third kappa shape index (κ3) is 2.18. The molecule has 0 saturated heterocycles. The highest BCUT2D eigenvalue weighted by atomic mass is 19.4. The lowest BCUT2D eigenvalue weighted by molar-refractivity contribution is -0.141. The molecule has 1 atom stereocenters. The Bertz CT molecular complexity index is 745. The van der Waals surface area contributed by atoms with Crippen LogP contribution in [0.2, 0.25) is 0 Å². The number of nitrogens with zero attached hydrogens (tertiary/aromatic N) is 4. The van der Waals surface area contributed by atoms with E-state index in [1.165, 1.54) is 7.05 Å². The average molecular weight is 320 g/mol. The minimum absolute atomic E-state index is 0.0235. The third-order valence-electron chi connectivity index (χ3n) is 3.52. The second-order valence-corrected chi connectivity index (χ2v) is 5.03. The maximum Gasteiger partial charge on any atom is 0.435 e. The molecule has 0 amide bonds. The molecule has 1 unspecified atom stereocenters. The van der Waals surface area contributed by atoms with Crippen LogP contribution in [-0.2, 0) is 13.2 Å². The Morgan fingerprint density at radius 1 is 1.41 bits per heavy atom. The number of alkyl halides is 5. The van der Waals surface area contributed by atoms with Crippen molar-refractivity contribution < 1.29 is 26.7 Å². The zero-order valence-electron chi connectivity index (χ0n) is 11.1. The Balaban J connectivity index is 2.13. The molecular formula is C12H9F5N4O. The summed E-state index contributed by atoms with van der Waals surface area (Å²) in [5.74, 6) is -3.13. The topological polar surface area (TPSA) is 52.7 Å². The predicted molar refractivity (Wildman–Crippen MR) is 63.4 cm³/mol. The minimum atomic E-state index is -4.81. The van der Waals surface area contributed by atoms with E-state index in [2.05, 4.69) is 10.1 Å². The summed E-state index contributed by atoms with van der Waals surface area (Å²) < 4.78 is 67.1. The SMILES string of the molecule is Cn1c(-c2cn(C3CC3(F)F)nc2C(F)(F)F)cnc1C=O. The van der Waals surface area contributed by atoms with Crippen LogP contribution >= 0.6 is 0 Å². The Kier molecular flexibility index (Phi) is 2.91. The van der Waals surface area contributed by atoms with Crippen LogP contribution in [0.3, 0.4) is 0 Å². The summed E-state index contributed by atoms with van der Waals surface area (Å²) in [4.78, 5) is 14.4. The highest BCUT2D eigenvalue weighted by Gasteiger charge is 2.59. The van der Waals surface area contributed by atoms with Crippen LogP contribution < -0.4 is 0 Å². The number of hydrogen-bond donors (Lipinski definition) is 0. The van der Waals surface area contributed by atoms with Gasteiger partial charge in [-0.15, -0.1) is 0 Å². The Morgan fingerprint density at radius 2 is 2.05 bits per heavy atom. The van der Waals surface area contributed by atoms with Gasteiger partial charge in [-0.05, 0) is 0 Å². The van der Waals surface area contributed by atoms with E-state index in [1.54, 1.807) is 0 Å². The third-order valence-corrected chi connectivity index (χ3v) is 3.52. The van der Waals surface area contributed by atoms with E-state index < -0.39 is 35.8 Å². The van der Waals surface area contributed by atoms with Crippen LogP contribution in [0.1, 0.15) is 28.8 Å². The molecule has 1 aliphatic rings. The largest absolute Gasteiger partial charge is 0.435 e. The second-order valence-electron chi connectivity index (χ2n) is 5.03. The van der Waals surface area contributed by atoms with E-state index in [9.17, 15) is 26.7 Å². The first-order valence-corrected chi connectivity index (χ1v) is 6.16. The molecular weight excluding hydrogens is 311 g/mol. The highest BCUT2D eigenvalue weighted by Crippen LogP contribution is 2.53. The molecule has 1 fully saturated rings. The van der Waals surface area contributed by atoms with Gasteiger partial charge in [0, 0.05) is 19.7 Å². The van der Waals surface area contributed by atoms with Crippen LogP contribution in [0.4, 0.5) is 22.0 Å². The van der Waals surface area contributed by atoms with E-state index in [4.69, 9.17) is 0 Å². The fourth-order valence-corrected chi connectivity index (χ4v) is 2.22. The van der Waals surface area contributed by atoms with Crippen LogP contribution in [0, 0.1) is 0 Å². The van der Waals surface area contributed by atoms with Gasteiger partial charge in [0.1, 0.15) is 6.04 Å². The van der Waals surface area contributed by atoms with Gasteiger partial charge < -0.3 is 4.57 Å². The van der Waals surface area contributed by atoms with Crippen molar-refractivity contribution in [3.05, 3.63) is 23.9 Å². The van der Waals surface area contributed by atoms with Gasteiger partial charge in [0.2, 0.25) is 0 Å². The van der Waals surface area contributed by atoms with Gasteiger partial charge in [-0.2, -0.15) is 18.3 Å². The van der Waals surface area contributed by atoms with E-state index in [-0.39, 0.29) is 11.5 Å². The number of hydrogen-bond acceptors (Lipinski definition) is 3. The van der Waals surface area contributed by atoms with Gasteiger partial charge in [-0.3, -0.25) is 9.48 Å². The summed E-state index contributed by atoms with van der Waals surface area (Å²) in [5, 5.41) is 3.27. The van der Waals surface area contributed by atoms with Crippen molar-refractivity contribution in [3.63, 3.8) is 0 Å². The minimum Gasteiger partial charge on any atom is -0.325 e. The molecule has 0 aromatic carbocycles. The Hall–Kier alpha value is -2.26. The fraction of sp³-hybridized carbons (Fsp3) is 0.417. The molecule has 22 heavy (non-hydrogen) atoms. The number of aromatic nitrogens is 4. The molecule has 0 radical (unpaired) electrons. The molecule has 118 valence electrons. The van der Waals surface area contributed by atoms with Crippen molar-refractivity contribution in [2.24, 2.45) is 7.05 Å². The zero-order chi connectivity index (χ0) is 16.3. The van der Waals surface area contributed by atoms with Crippen molar-refractivity contribution in [2.45, 2.75) is 24.6 Å².